The summed E-state index contributed by atoms with van der Waals surface area (Å²) >= 11 is 12.5. The standard InChI is InChI=1S/C15H24Cl2N4/c1-4-18-14-12(16)9-13(17)15(19-14)21(3)10-11-5-7-20(2)8-6-11/h9,11H,4-8,10H2,1-3H3,(H,18,19). The zero-order valence-corrected chi connectivity index (χ0v) is 14.5. The van der Waals surface area contributed by atoms with Crippen LogP contribution in [0.15, 0.2) is 6.07 Å². The van der Waals surface area contributed by atoms with E-state index in [1.165, 1.54) is 25.9 Å². The van der Waals surface area contributed by atoms with Crippen LogP contribution in [-0.4, -0.2) is 50.2 Å². The molecule has 0 unspecified atom stereocenters. The molecule has 1 fully saturated rings. The Hall–Kier alpha value is -0.710. The Morgan fingerprint density at radius 1 is 1.33 bits per heavy atom. The Morgan fingerprint density at radius 3 is 2.62 bits per heavy atom. The third-order valence-corrected chi connectivity index (χ3v) is 4.55. The maximum atomic E-state index is 6.31. The molecule has 1 aromatic rings. The van der Waals surface area contributed by atoms with E-state index < -0.39 is 0 Å². The van der Waals surface area contributed by atoms with E-state index in [4.69, 9.17) is 23.2 Å². The van der Waals surface area contributed by atoms with Gasteiger partial charge in [-0.25, -0.2) is 4.98 Å². The number of piperidine rings is 1. The van der Waals surface area contributed by atoms with Crippen molar-refractivity contribution in [2.75, 3.05) is 50.5 Å². The summed E-state index contributed by atoms with van der Waals surface area (Å²) < 4.78 is 0. The number of anilines is 2. The predicted octanol–water partition coefficient (Wildman–Crippen LogP) is 3.60. The number of hydrogen-bond acceptors (Lipinski definition) is 4. The first kappa shape index (κ1) is 16.7. The maximum absolute atomic E-state index is 6.31. The van der Waals surface area contributed by atoms with Crippen molar-refractivity contribution in [2.45, 2.75) is 19.8 Å². The minimum atomic E-state index is 0.568. The minimum Gasteiger partial charge on any atom is -0.369 e. The van der Waals surface area contributed by atoms with Gasteiger partial charge in [-0.05, 0) is 51.9 Å². The fourth-order valence-electron chi connectivity index (χ4n) is 2.73. The summed E-state index contributed by atoms with van der Waals surface area (Å²) in [5, 5.41) is 4.35. The van der Waals surface area contributed by atoms with E-state index >= 15 is 0 Å². The monoisotopic (exact) mass is 330 g/mol. The quantitative estimate of drug-likeness (QED) is 0.893. The van der Waals surface area contributed by atoms with Crippen molar-refractivity contribution in [3.63, 3.8) is 0 Å². The first-order chi connectivity index (χ1) is 10.0. The highest BCUT2D eigenvalue weighted by Gasteiger charge is 2.20. The first-order valence-electron chi connectivity index (χ1n) is 7.50. The second-order valence-electron chi connectivity index (χ2n) is 5.78. The third-order valence-electron chi connectivity index (χ3n) is 3.99. The van der Waals surface area contributed by atoms with E-state index in [0.717, 1.165) is 18.9 Å². The average Bonchev–Trinajstić information content (AvgIpc) is 2.44. The number of rotatable bonds is 5. The van der Waals surface area contributed by atoms with Crippen LogP contribution >= 0.6 is 23.2 Å². The Morgan fingerprint density at radius 2 is 2.00 bits per heavy atom. The van der Waals surface area contributed by atoms with Crippen molar-refractivity contribution < 1.29 is 0 Å². The van der Waals surface area contributed by atoms with Gasteiger partial charge in [-0.2, -0.15) is 0 Å². The topological polar surface area (TPSA) is 31.4 Å². The lowest BCUT2D eigenvalue weighted by molar-refractivity contribution is 0.222. The third kappa shape index (κ3) is 4.38. The van der Waals surface area contributed by atoms with Crippen molar-refractivity contribution in [1.29, 1.82) is 0 Å². The van der Waals surface area contributed by atoms with Crippen LogP contribution in [0.3, 0.4) is 0 Å². The molecule has 0 bridgehead atoms. The fourth-order valence-corrected chi connectivity index (χ4v) is 3.30. The highest BCUT2D eigenvalue weighted by Crippen LogP contribution is 2.32. The second-order valence-corrected chi connectivity index (χ2v) is 6.60. The molecule has 0 radical (unpaired) electrons. The van der Waals surface area contributed by atoms with Gasteiger partial charge in [-0.1, -0.05) is 23.2 Å². The van der Waals surface area contributed by atoms with Crippen molar-refractivity contribution in [3.8, 4) is 0 Å². The molecule has 0 saturated carbocycles. The lowest BCUT2D eigenvalue weighted by Crippen LogP contribution is -2.36. The fraction of sp³-hybridized carbons (Fsp3) is 0.667. The summed E-state index contributed by atoms with van der Waals surface area (Å²) in [7, 11) is 4.23. The van der Waals surface area contributed by atoms with Gasteiger partial charge in [0.2, 0.25) is 0 Å². The zero-order chi connectivity index (χ0) is 15.4. The van der Waals surface area contributed by atoms with Gasteiger partial charge >= 0.3 is 0 Å². The summed E-state index contributed by atoms with van der Waals surface area (Å²) in [6, 6.07) is 1.77. The smallest absolute Gasteiger partial charge is 0.149 e. The first-order valence-corrected chi connectivity index (χ1v) is 8.26. The van der Waals surface area contributed by atoms with Crippen LogP contribution in [0.5, 0.6) is 0 Å². The summed E-state index contributed by atoms with van der Waals surface area (Å²) in [4.78, 5) is 9.11. The van der Waals surface area contributed by atoms with Gasteiger partial charge in [0.25, 0.3) is 0 Å². The zero-order valence-electron chi connectivity index (χ0n) is 13.0. The lowest BCUT2D eigenvalue weighted by atomic mass is 9.97. The molecular weight excluding hydrogens is 307 g/mol. The Balaban J connectivity index is 2.07. The molecule has 0 atom stereocenters. The molecule has 1 N–H and O–H groups in total. The molecule has 2 rings (SSSR count). The van der Waals surface area contributed by atoms with Crippen LogP contribution in [0.25, 0.3) is 0 Å². The Bertz CT molecular complexity index is 473. The molecule has 6 heteroatoms. The number of likely N-dealkylation sites (tertiary alicyclic amines) is 1. The predicted molar refractivity (Wildman–Crippen MR) is 91.9 cm³/mol. The van der Waals surface area contributed by atoms with Gasteiger partial charge < -0.3 is 15.1 Å². The number of pyridine rings is 1. The highest BCUT2D eigenvalue weighted by atomic mass is 35.5. The number of aromatic nitrogens is 1. The number of nitrogens with one attached hydrogen (secondary N) is 1. The molecular formula is C15H24Cl2N4. The molecule has 1 saturated heterocycles. The molecule has 118 valence electrons. The van der Waals surface area contributed by atoms with Crippen LogP contribution in [0, 0.1) is 5.92 Å². The second kappa shape index (κ2) is 7.52. The molecule has 0 aromatic carbocycles. The van der Waals surface area contributed by atoms with Gasteiger partial charge in [0.1, 0.15) is 11.6 Å². The highest BCUT2D eigenvalue weighted by molar-refractivity contribution is 6.37. The van der Waals surface area contributed by atoms with Crippen molar-refractivity contribution >= 4 is 34.8 Å². The van der Waals surface area contributed by atoms with Crippen LogP contribution in [-0.2, 0) is 0 Å². The van der Waals surface area contributed by atoms with Gasteiger partial charge in [0, 0.05) is 20.1 Å². The van der Waals surface area contributed by atoms with Crippen molar-refractivity contribution in [3.05, 3.63) is 16.1 Å². The van der Waals surface area contributed by atoms with Crippen LogP contribution in [0.4, 0.5) is 11.6 Å². The van der Waals surface area contributed by atoms with E-state index in [-0.39, 0.29) is 0 Å². The lowest BCUT2D eigenvalue weighted by Gasteiger charge is -2.32. The molecule has 0 spiro atoms. The minimum absolute atomic E-state index is 0.568. The van der Waals surface area contributed by atoms with E-state index in [9.17, 15) is 0 Å². The molecule has 4 nitrogen and oxygen atoms in total. The van der Waals surface area contributed by atoms with Gasteiger partial charge in [0.15, 0.2) is 0 Å². The molecule has 2 heterocycles. The Labute approximate surface area is 137 Å². The van der Waals surface area contributed by atoms with Crippen LogP contribution in [0.2, 0.25) is 10.0 Å². The van der Waals surface area contributed by atoms with Gasteiger partial charge in [0.05, 0.1) is 10.0 Å². The molecule has 0 aliphatic carbocycles. The largest absolute Gasteiger partial charge is 0.369 e. The van der Waals surface area contributed by atoms with Crippen LogP contribution < -0.4 is 10.2 Å². The molecule has 21 heavy (non-hydrogen) atoms. The molecule has 1 aliphatic heterocycles. The normalized spacial score (nSPS) is 17.0. The molecule has 0 amide bonds. The molecule has 1 aliphatic rings. The number of nitrogens with zero attached hydrogens (tertiary/aromatic N) is 3. The van der Waals surface area contributed by atoms with E-state index in [0.29, 0.717) is 21.8 Å². The van der Waals surface area contributed by atoms with E-state index in [1.807, 2.05) is 6.92 Å². The maximum Gasteiger partial charge on any atom is 0.149 e. The van der Waals surface area contributed by atoms with Crippen molar-refractivity contribution in [2.24, 2.45) is 5.92 Å². The van der Waals surface area contributed by atoms with E-state index in [1.54, 1.807) is 6.07 Å². The SMILES string of the molecule is CCNc1nc(N(C)CC2CCN(C)CC2)c(Cl)cc1Cl. The summed E-state index contributed by atoms with van der Waals surface area (Å²) in [6.07, 6.45) is 2.46. The average molecular weight is 331 g/mol. The van der Waals surface area contributed by atoms with Crippen molar-refractivity contribution in [1.82, 2.24) is 9.88 Å². The molecule has 1 aromatic heterocycles. The van der Waals surface area contributed by atoms with E-state index in [2.05, 4.69) is 34.2 Å². The number of hydrogen-bond donors (Lipinski definition) is 1. The van der Waals surface area contributed by atoms with Gasteiger partial charge in [-0.15, -0.1) is 0 Å². The summed E-state index contributed by atoms with van der Waals surface area (Å²) in [5.41, 5.74) is 0. The summed E-state index contributed by atoms with van der Waals surface area (Å²) in [5.74, 6) is 2.20. The van der Waals surface area contributed by atoms with Crippen LogP contribution in [0.1, 0.15) is 19.8 Å². The Kier molecular flexibility index (Phi) is 5.97. The number of halogens is 2. The summed E-state index contributed by atoms with van der Waals surface area (Å²) in [6.45, 7) is 6.13. The van der Waals surface area contributed by atoms with Gasteiger partial charge in [-0.3, -0.25) is 0 Å².